The lowest BCUT2D eigenvalue weighted by atomic mass is 10.2. The molecule has 1 unspecified atom stereocenters. The first-order valence-corrected chi connectivity index (χ1v) is 10.1. The Morgan fingerprint density at radius 3 is 2.67 bits per heavy atom. The highest BCUT2D eigenvalue weighted by atomic mass is 16.6. The van der Waals surface area contributed by atoms with Gasteiger partial charge in [-0.2, -0.15) is 4.52 Å². The zero-order valence-electron chi connectivity index (χ0n) is 17.9. The number of methoxy groups -OCH3 is 2. The molecule has 0 amide bonds. The van der Waals surface area contributed by atoms with Gasteiger partial charge in [0.1, 0.15) is 13.2 Å². The molecule has 0 saturated carbocycles. The van der Waals surface area contributed by atoms with Crippen LogP contribution in [0.15, 0.2) is 53.2 Å². The molecule has 168 valence electrons. The molecule has 1 aromatic carbocycles. The molecule has 0 saturated heterocycles. The molecule has 0 radical (unpaired) electrons. The third-order valence-corrected chi connectivity index (χ3v) is 5.02. The lowest BCUT2D eigenvalue weighted by Gasteiger charge is -2.11. The normalized spacial score (nSPS) is 12.5. The number of hydrogen-bond donors (Lipinski definition) is 1. The van der Waals surface area contributed by atoms with E-state index < -0.39 is 6.29 Å². The molecule has 0 fully saturated rings. The van der Waals surface area contributed by atoms with Crippen molar-refractivity contribution in [1.29, 1.82) is 0 Å². The molecule has 0 aliphatic heterocycles. The van der Waals surface area contributed by atoms with Gasteiger partial charge in [-0.15, -0.1) is 15.3 Å². The summed E-state index contributed by atoms with van der Waals surface area (Å²) in [5.74, 6) is 1.37. The first-order chi connectivity index (χ1) is 16.2. The highest BCUT2D eigenvalue weighted by Crippen LogP contribution is 2.29. The molecule has 0 aliphatic carbocycles. The van der Waals surface area contributed by atoms with Gasteiger partial charge in [-0.25, -0.2) is 0 Å². The Bertz CT molecular complexity index is 1400. The van der Waals surface area contributed by atoms with Crippen LogP contribution in [-0.2, 0) is 22.7 Å². The molecule has 1 N–H and O–H groups in total. The summed E-state index contributed by atoms with van der Waals surface area (Å²) in [4.78, 5) is 4.32. The minimum atomic E-state index is -1.02. The molecule has 0 bridgehead atoms. The largest absolute Gasteiger partial charge is 0.470 e. The van der Waals surface area contributed by atoms with Crippen LogP contribution < -0.4 is 4.74 Å². The number of aliphatic hydroxyl groups excluding tert-OH is 1. The zero-order chi connectivity index (χ0) is 22.8. The minimum Gasteiger partial charge on any atom is -0.470 e. The SMILES string of the molecule is COCc1cc(-c2nnc3c4ccccc4c(OCc4ccc(C(O)OC)cn4)nn23)no1. The number of pyridine rings is 1. The number of aromatic nitrogens is 6. The van der Waals surface area contributed by atoms with Crippen molar-refractivity contribution >= 4 is 16.4 Å². The van der Waals surface area contributed by atoms with Crippen molar-refractivity contribution < 1.29 is 23.8 Å². The Hall–Kier alpha value is -3.93. The van der Waals surface area contributed by atoms with E-state index in [-0.39, 0.29) is 6.61 Å². The Morgan fingerprint density at radius 1 is 1.06 bits per heavy atom. The second-order valence-corrected chi connectivity index (χ2v) is 7.18. The van der Waals surface area contributed by atoms with Crippen LogP contribution in [0.2, 0.25) is 0 Å². The van der Waals surface area contributed by atoms with Gasteiger partial charge < -0.3 is 23.8 Å². The van der Waals surface area contributed by atoms with Crippen LogP contribution in [-0.4, -0.2) is 49.3 Å². The van der Waals surface area contributed by atoms with E-state index in [2.05, 4.69) is 25.4 Å². The van der Waals surface area contributed by atoms with E-state index in [4.69, 9.17) is 18.7 Å². The van der Waals surface area contributed by atoms with Crippen LogP contribution >= 0.6 is 0 Å². The lowest BCUT2D eigenvalue weighted by Crippen LogP contribution is -2.05. The number of aliphatic hydroxyl groups is 1. The number of ether oxygens (including phenoxy) is 3. The molecular weight excluding hydrogens is 428 g/mol. The predicted octanol–water partition coefficient (Wildman–Crippen LogP) is 2.69. The predicted molar refractivity (Wildman–Crippen MR) is 115 cm³/mol. The van der Waals surface area contributed by atoms with Gasteiger partial charge in [-0.1, -0.05) is 29.4 Å². The van der Waals surface area contributed by atoms with E-state index in [9.17, 15) is 5.11 Å². The zero-order valence-corrected chi connectivity index (χ0v) is 17.9. The molecular formula is C22H20N6O5. The molecule has 0 spiro atoms. The second-order valence-electron chi connectivity index (χ2n) is 7.18. The highest BCUT2D eigenvalue weighted by Gasteiger charge is 2.19. The van der Waals surface area contributed by atoms with Gasteiger partial charge in [-0.3, -0.25) is 4.98 Å². The molecule has 0 aliphatic rings. The fourth-order valence-electron chi connectivity index (χ4n) is 3.39. The topological polar surface area (TPSA) is 130 Å². The van der Waals surface area contributed by atoms with Crippen LogP contribution in [0.5, 0.6) is 5.88 Å². The quantitative estimate of drug-likeness (QED) is 0.354. The molecule has 11 nitrogen and oxygen atoms in total. The maximum absolute atomic E-state index is 9.74. The van der Waals surface area contributed by atoms with E-state index in [1.165, 1.54) is 7.11 Å². The number of nitrogens with zero attached hydrogens (tertiary/aromatic N) is 6. The van der Waals surface area contributed by atoms with Crippen LogP contribution in [0.3, 0.4) is 0 Å². The first kappa shape index (κ1) is 20.9. The van der Waals surface area contributed by atoms with Crippen molar-refractivity contribution in [2.45, 2.75) is 19.5 Å². The van der Waals surface area contributed by atoms with Crippen LogP contribution in [0, 0.1) is 0 Å². The summed E-state index contributed by atoms with van der Waals surface area (Å²) in [6.07, 6.45) is 0.523. The van der Waals surface area contributed by atoms with Gasteiger partial charge in [0.25, 0.3) is 0 Å². The van der Waals surface area contributed by atoms with E-state index in [1.807, 2.05) is 24.3 Å². The Morgan fingerprint density at radius 2 is 1.91 bits per heavy atom. The third-order valence-electron chi connectivity index (χ3n) is 5.02. The molecule has 5 aromatic rings. The van der Waals surface area contributed by atoms with Crippen molar-refractivity contribution in [3.63, 3.8) is 0 Å². The smallest absolute Gasteiger partial charge is 0.240 e. The average Bonchev–Trinajstić information content (AvgIpc) is 3.49. The summed E-state index contributed by atoms with van der Waals surface area (Å²) >= 11 is 0. The highest BCUT2D eigenvalue weighted by molar-refractivity contribution is 5.96. The van der Waals surface area contributed by atoms with E-state index in [1.54, 1.807) is 36.0 Å². The van der Waals surface area contributed by atoms with E-state index >= 15 is 0 Å². The number of hydrogen-bond acceptors (Lipinski definition) is 10. The van der Waals surface area contributed by atoms with Crippen LogP contribution in [0.1, 0.15) is 23.3 Å². The third kappa shape index (κ3) is 4.00. The summed E-state index contributed by atoms with van der Waals surface area (Å²) in [7, 11) is 3.00. The molecule has 4 aromatic heterocycles. The van der Waals surface area contributed by atoms with E-state index in [0.29, 0.717) is 46.7 Å². The summed E-state index contributed by atoms with van der Waals surface area (Å²) < 4.78 is 22.9. The van der Waals surface area contributed by atoms with Gasteiger partial charge >= 0.3 is 0 Å². The Kier molecular flexibility index (Phi) is 5.65. The van der Waals surface area contributed by atoms with Crippen molar-refractivity contribution in [1.82, 2.24) is 30.0 Å². The van der Waals surface area contributed by atoms with Crippen molar-refractivity contribution in [3.8, 4) is 17.4 Å². The Balaban J connectivity index is 1.50. The number of rotatable bonds is 8. The summed E-state index contributed by atoms with van der Waals surface area (Å²) in [6.45, 7) is 0.465. The first-order valence-electron chi connectivity index (χ1n) is 10.1. The standard InChI is InChI=1S/C22H20N6O5/c1-30-12-15-9-18(27-33-15)20-25-24-19-16-5-3-4-6-17(16)21(26-28(19)20)32-11-14-8-7-13(10-23-14)22(29)31-2/h3-10,22,29H,11-12H2,1-2H3. The van der Waals surface area contributed by atoms with Gasteiger partial charge in [0.2, 0.25) is 11.7 Å². The van der Waals surface area contributed by atoms with Gasteiger partial charge in [-0.05, 0) is 12.1 Å². The molecule has 4 heterocycles. The minimum absolute atomic E-state index is 0.172. The van der Waals surface area contributed by atoms with Crippen LogP contribution in [0.25, 0.3) is 27.9 Å². The second kappa shape index (κ2) is 8.90. The molecule has 33 heavy (non-hydrogen) atoms. The fraction of sp³-hybridized carbons (Fsp3) is 0.227. The maximum atomic E-state index is 9.74. The molecule has 1 atom stereocenters. The fourth-order valence-corrected chi connectivity index (χ4v) is 3.39. The Labute approximate surface area is 187 Å². The van der Waals surface area contributed by atoms with Crippen molar-refractivity contribution in [2.75, 3.05) is 14.2 Å². The number of benzene rings is 1. The van der Waals surface area contributed by atoms with Crippen molar-refractivity contribution in [3.05, 3.63) is 65.7 Å². The van der Waals surface area contributed by atoms with E-state index in [0.717, 1.165) is 10.8 Å². The van der Waals surface area contributed by atoms with Crippen molar-refractivity contribution in [2.24, 2.45) is 0 Å². The monoisotopic (exact) mass is 448 g/mol. The van der Waals surface area contributed by atoms with Gasteiger partial charge in [0.05, 0.1) is 5.69 Å². The summed E-state index contributed by atoms with van der Waals surface area (Å²) in [5, 5.41) is 28.6. The summed E-state index contributed by atoms with van der Waals surface area (Å²) in [5.41, 5.74) is 2.27. The molecule has 5 rings (SSSR count). The van der Waals surface area contributed by atoms with Crippen LogP contribution in [0.4, 0.5) is 0 Å². The average molecular weight is 448 g/mol. The lowest BCUT2D eigenvalue weighted by molar-refractivity contribution is -0.0771. The number of fused-ring (bicyclic) bond motifs is 3. The molecule has 11 heteroatoms. The summed E-state index contributed by atoms with van der Waals surface area (Å²) in [6, 6.07) is 12.9. The van der Waals surface area contributed by atoms with Gasteiger partial charge in [0.15, 0.2) is 23.4 Å². The van der Waals surface area contributed by atoms with Gasteiger partial charge in [0, 0.05) is 42.8 Å². The maximum Gasteiger partial charge on any atom is 0.240 e.